The molecule has 0 saturated heterocycles. The number of hydrogen-bond donors (Lipinski definition) is 1. The minimum absolute atomic E-state index is 0.542. The largest absolute Gasteiger partial charge is 0.354 e. The van der Waals surface area contributed by atoms with Crippen molar-refractivity contribution in [3.8, 4) is 0 Å². The molecule has 0 fully saturated rings. The number of hydrogen-bond acceptors (Lipinski definition) is 3. The van der Waals surface area contributed by atoms with Gasteiger partial charge < -0.3 is 5.32 Å². The van der Waals surface area contributed by atoms with Gasteiger partial charge in [0.2, 0.25) is 0 Å². The van der Waals surface area contributed by atoms with Gasteiger partial charge in [-0.15, -0.1) is 0 Å². The molecule has 0 aliphatic carbocycles. The predicted molar refractivity (Wildman–Crippen MR) is 91.1 cm³/mol. The lowest BCUT2D eigenvalue weighted by atomic mass is 10.0. The Hall–Kier alpha value is -1.94. The number of aromatic nitrogens is 2. The molecule has 21 heavy (non-hydrogen) atoms. The Morgan fingerprint density at radius 2 is 1.81 bits per heavy atom. The number of halogens is 1. The summed E-state index contributed by atoms with van der Waals surface area (Å²) in [5, 5.41) is 3.41. The molecule has 1 aromatic carbocycles. The molecule has 2 aromatic heterocycles. The van der Waals surface area contributed by atoms with Crippen LogP contribution in [0.2, 0.25) is 0 Å². The van der Waals surface area contributed by atoms with Crippen molar-refractivity contribution >= 4 is 38.3 Å². The van der Waals surface area contributed by atoms with Gasteiger partial charge in [0.25, 0.3) is 0 Å². The van der Waals surface area contributed by atoms with E-state index in [1.165, 1.54) is 5.56 Å². The summed E-state index contributed by atoms with van der Waals surface area (Å²) in [6.07, 6.45) is 3.58. The van der Waals surface area contributed by atoms with Gasteiger partial charge in [0.15, 0.2) is 0 Å². The van der Waals surface area contributed by atoms with Crippen molar-refractivity contribution in [2.45, 2.75) is 19.8 Å². The number of fused-ring (bicyclic) bond motifs is 1. The normalized spacial score (nSPS) is 11.0. The zero-order valence-electron chi connectivity index (χ0n) is 12.0. The smallest absolute Gasteiger partial charge is 0.112 e. The summed E-state index contributed by atoms with van der Waals surface area (Å²) in [7, 11) is 0. The molecular formula is C17H16BrN3. The monoisotopic (exact) mass is 341 g/mol. The highest BCUT2D eigenvalue weighted by Crippen LogP contribution is 2.26. The third kappa shape index (κ3) is 3.05. The van der Waals surface area contributed by atoms with Crippen LogP contribution in [0.15, 0.2) is 53.3 Å². The summed E-state index contributed by atoms with van der Waals surface area (Å²) >= 11 is 3.42. The molecule has 0 bridgehead atoms. The van der Waals surface area contributed by atoms with E-state index in [9.17, 15) is 0 Å². The second-order valence-corrected chi connectivity index (χ2v) is 6.20. The Labute approximate surface area is 132 Å². The highest BCUT2D eigenvalue weighted by molar-refractivity contribution is 9.10. The van der Waals surface area contributed by atoms with E-state index in [4.69, 9.17) is 0 Å². The summed E-state index contributed by atoms with van der Waals surface area (Å²) in [6, 6.07) is 12.4. The maximum atomic E-state index is 4.45. The summed E-state index contributed by atoms with van der Waals surface area (Å²) in [4.78, 5) is 8.80. The number of rotatable bonds is 3. The van der Waals surface area contributed by atoms with E-state index < -0.39 is 0 Å². The number of nitrogens with zero attached hydrogens (tertiary/aromatic N) is 2. The Morgan fingerprint density at radius 1 is 1.05 bits per heavy atom. The lowest BCUT2D eigenvalue weighted by molar-refractivity contribution is 0.867. The van der Waals surface area contributed by atoms with Gasteiger partial charge >= 0.3 is 0 Å². The molecule has 0 atom stereocenters. The minimum atomic E-state index is 0.542. The average Bonchev–Trinajstić information content (AvgIpc) is 2.47. The van der Waals surface area contributed by atoms with Gasteiger partial charge in [-0.3, -0.25) is 9.97 Å². The van der Waals surface area contributed by atoms with Crippen molar-refractivity contribution < 1.29 is 0 Å². The van der Waals surface area contributed by atoms with Crippen molar-refractivity contribution in [1.82, 2.24) is 9.97 Å². The molecule has 4 heteroatoms. The van der Waals surface area contributed by atoms with Crippen LogP contribution in [0.5, 0.6) is 0 Å². The SMILES string of the molecule is CC(C)c1ccc(Nc2ccnc3cc(Br)cnc23)cc1. The van der Waals surface area contributed by atoms with E-state index in [0.29, 0.717) is 5.92 Å². The molecule has 3 nitrogen and oxygen atoms in total. The molecular weight excluding hydrogens is 326 g/mol. The standard InChI is InChI=1S/C17H16BrN3/c1-11(2)12-3-5-14(6-4-12)21-15-7-8-19-16-9-13(18)10-20-17(15)16/h3-11H,1-2H3,(H,19,21). The van der Waals surface area contributed by atoms with Crippen LogP contribution < -0.4 is 5.32 Å². The Morgan fingerprint density at radius 3 is 2.52 bits per heavy atom. The molecule has 3 rings (SSSR count). The van der Waals surface area contributed by atoms with Crippen molar-refractivity contribution in [3.63, 3.8) is 0 Å². The van der Waals surface area contributed by atoms with E-state index >= 15 is 0 Å². The van der Waals surface area contributed by atoms with Crippen LogP contribution in [0.1, 0.15) is 25.3 Å². The van der Waals surface area contributed by atoms with Gasteiger partial charge in [0, 0.05) is 22.6 Å². The van der Waals surface area contributed by atoms with Crippen LogP contribution in [-0.2, 0) is 0 Å². The molecule has 0 aliphatic rings. The summed E-state index contributed by atoms with van der Waals surface area (Å²) in [5.74, 6) is 0.542. The van der Waals surface area contributed by atoms with E-state index in [-0.39, 0.29) is 0 Å². The van der Waals surface area contributed by atoms with E-state index in [2.05, 4.69) is 69.3 Å². The van der Waals surface area contributed by atoms with Crippen LogP contribution in [0.4, 0.5) is 11.4 Å². The zero-order valence-corrected chi connectivity index (χ0v) is 13.6. The predicted octanol–water partition coefficient (Wildman–Crippen LogP) is 5.26. The van der Waals surface area contributed by atoms with Gasteiger partial charge in [-0.2, -0.15) is 0 Å². The van der Waals surface area contributed by atoms with Crippen LogP contribution in [0, 0.1) is 0 Å². The first-order chi connectivity index (χ1) is 10.1. The molecule has 0 amide bonds. The molecule has 0 spiro atoms. The molecule has 2 heterocycles. The van der Waals surface area contributed by atoms with Crippen molar-refractivity contribution in [3.05, 3.63) is 58.8 Å². The first-order valence-corrected chi connectivity index (χ1v) is 7.70. The molecule has 0 aliphatic heterocycles. The molecule has 1 N–H and O–H groups in total. The first-order valence-electron chi connectivity index (χ1n) is 6.91. The number of pyridine rings is 2. The molecule has 3 aromatic rings. The van der Waals surface area contributed by atoms with Gasteiger partial charge in [0.1, 0.15) is 5.52 Å². The van der Waals surface area contributed by atoms with Gasteiger partial charge in [0.05, 0.1) is 11.2 Å². The minimum Gasteiger partial charge on any atom is -0.354 e. The summed E-state index contributed by atoms with van der Waals surface area (Å²) < 4.78 is 0.931. The van der Waals surface area contributed by atoms with Crippen molar-refractivity contribution in [1.29, 1.82) is 0 Å². The number of benzene rings is 1. The molecule has 106 valence electrons. The third-order valence-electron chi connectivity index (χ3n) is 3.40. The van der Waals surface area contributed by atoms with Crippen LogP contribution in [-0.4, -0.2) is 9.97 Å². The quantitative estimate of drug-likeness (QED) is 0.706. The lowest BCUT2D eigenvalue weighted by Gasteiger charge is -2.10. The third-order valence-corrected chi connectivity index (χ3v) is 3.83. The molecule has 0 saturated carbocycles. The highest BCUT2D eigenvalue weighted by Gasteiger charge is 2.05. The lowest BCUT2D eigenvalue weighted by Crippen LogP contribution is -1.95. The highest BCUT2D eigenvalue weighted by atomic mass is 79.9. The van der Waals surface area contributed by atoms with Crippen LogP contribution >= 0.6 is 15.9 Å². The maximum Gasteiger partial charge on any atom is 0.112 e. The number of anilines is 2. The number of nitrogens with one attached hydrogen (secondary N) is 1. The Balaban J connectivity index is 1.94. The van der Waals surface area contributed by atoms with E-state index in [1.54, 1.807) is 12.4 Å². The van der Waals surface area contributed by atoms with Gasteiger partial charge in [-0.05, 0) is 51.7 Å². The molecule has 0 unspecified atom stereocenters. The van der Waals surface area contributed by atoms with Gasteiger partial charge in [-0.25, -0.2) is 0 Å². The summed E-state index contributed by atoms with van der Waals surface area (Å²) in [6.45, 7) is 4.39. The Kier molecular flexibility index (Phi) is 3.88. The maximum absolute atomic E-state index is 4.45. The average molecular weight is 342 g/mol. The Bertz CT molecular complexity index is 767. The summed E-state index contributed by atoms with van der Waals surface area (Å²) in [5.41, 5.74) is 5.09. The zero-order chi connectivity index (χ0) is 14.8. The van der Waals surface area contributed by atoms with Crippen molar-refractivity contribution in [2.24, 2.45) is 0 Å². The second kappa shape index (κ2) is 5.82. The van der Waals surface area contributed by atoms with Crippen LogP contribution in [0.25, 0.3) is 11.0 Å². The fourth-order valence-electron chi connectivity index (χ4n) is 2.21. The topological polar surface area (TPSA) is 37.8 Å². The fourth-order valence-corrected chi connectivity index (χ4v) is 2.53. The van der Waals surface area contributed by atoms with Crippen molar-refractivity contribution in [2.75, 3.05) is 5.32 Å². The molecule has 0 radical (unpaired) electrons. The fraction of sp³-hybridized carbons (Fsp3) is 0.176. The first kappa shape index (κ1) is 14.0. The van der Waals surface area contributed by atoms with Crippen LogP contribution in [0.3, 0.4) is 0 Å². The van der Waals surface area contributed by atoms with E-state index in [1.807, 2.05) is 12.1 Å². The van der Waals surface area contributed by atoms with Gasteiger partial charge in [-0.1, -0.05) is 26.0 Å². The van der Waals surface area contributed by atoms with E-state index in [0.717, 1.165) is 26.9 Å². The second-order valence-electron chi connectivity index (χ2n) is 5.28.